The maximum Gasteiger partial charge on any atom is 0.189 e. The van der Waals surface area contributed by atoms with Gasteiger partial charge >= 0.3 is 0 Å². The SMILES string of the molecule is CCSCCCSc1nc(C)cc(N)n1. The minimum Gasteiger partial charge on any atom is -0.384 e. The van der Waals surface area contributed by atoms with Gasteiger partial charge in [-0.3, -0.25) is 0 Å². The van der Waals surface area contributed by atoms with Crippen molar-refractivity contribution >= 4 is 29.3 Å². The molecule has 0 aliphatic carbocycles. The van der Waals surface area contributed by atoms with E-state index < -0.39 is 0 Å². The molecule has 0 radical (unpaired) electrons. The third kappa shape index (κ3) is 5.28. The van der Waals surface area contributed by atoms with Crippen molar-refractivity contribution in [3.63, 3.8) is 0 Å². The standard InChI is InChI=1S/C10H17N3S2/c1-3-14-5-4-6-15-10-12-8(2)7-9(11)13-10/h7H,3-6H2,1-2H3,(H2,11,12,13). The van der Waals surface area contributed by atoms with Crippen molar-refractivity contribution in [3.8, 4) is 0 Å². The number of hydrogen-bond acceptors (Lipinski definition) is 5. The molecule has 1 aromatic heterocycles. The second-order valence-corrected chi connectivity index (χ2v) is 5.57. The number of nitrogen functional groups attached to an aromatic ring is 1. The quantitative estimate of drug-likeness (QED) is 0.473. The van der Waals surface area contributed by atoms with E-state index in [0.717, 1.165) is 16.6 Å². The zero-order valence-electron chi connectivity index (χ0n) is 9.19. The van der Waals surface area contributed by atoms with Gasteiger partial charge in [0.2, 0.25) is 0 Å². The van der Waals surface area contributed by atoms with E-state index in [1.165, 1.54) is 17.9 Å². The van der Waals surface area contributed by atoms with Gasteiger partial charge < -0.3 is 5.73 Å². The maximum absolute atomic E-state index is 5.64. The smallest absolute Gasteiger partial charge is 0.189 e. The molecule has 0 aromatic carbocycles. The molecule has 0 saturated heterocycles. The summed E-state index contributed by atoms with van der Waals surface area (Å²) in [5, 5.41) is 0.800. The Morgan fingerprint density at radius 2 is 2.13 bits per heavy atom. The second-order valence-electron chi connectivity index (χ2n) is 3.12. The molecule has 84 valence electrons. The maximum atomic E-state index is 5.64. The van der Waals surface area contributed by atoms with Crippen LogP contribution in [0.4, 0.5) is 5.82 Å². The first kappa shape index (κ1) is 12.6. The molecule has 5 heteroatoms. The van der Waals surface area contributed by atoms with Crippen molar-refractivity contribution in [3.05, 3.63) is 11.8 Å². The molecule has 3 nitrogen and oxygen atoms in total. The predicted octanol–water partition coefficient (Wildman–Crippen LogP) is 2.60. The lowest BCUT2D eigenvalue weighted by Gasteiger charge is -2.02. The fourth-order valence-electron chi connectivity index (χ4n) is 1.10. The van der Waals surface area contributed by atoms with Gasteiger partial charge in [0, 0.05) is 17.5 Å². The Balaban J connectivity index is 2.31. The molecule has 0 unspecified atom stereocenters. The summed E-state index contributed by atoms with van der Waals surface area (Å²) in [5.41, 5.74) is 6.58. The van der Waals surface area contributed by atoms with Gasteiger partial charge in [-0.15, -0.1) is 0 Å². The Kier molecular flexibility index (Phi) is 5.86. The number of nitrogens with two attached hydrogens (primary N) is 1. The third-order valence-corrected chi connectivity index (χ3v) is 3.64. The van der Waals surface area contributed by atoms with E-state index in [1.807, 2.05) is 18.7 Å². The van der Waals surface area contributed by atoms with Crippen LogP contribution in [0.3, 0.4) is 0 Å². The summed E-state index contributed by atoms with van der Waals surface area (Å²) in [4.78, 5) is 8.49. The van der Waals surface area contributed by atoms with Gasteiger partial charge in [-0.05, 0) is 24.9 Å². The lowest BCUT2D eigenvalue weighted by Crippen LogP contribution is -1.97. The lowest BCUT2D eigenvalue weighted by atomic mass is 10.4. The molecule has 0 aliphatic heterocycles. The second kappa shape index (κ2) is 6.95. The van der Waals surface area contributed by atoms with E-state index in [2.05, 4.69) is 16.9 Å². The fourth-order valence-corrected chi connectivity index (χ4v) is 2.77. The van der Waals surface area contributed by atoms with E-state index in [0.29, 0.717) is 5.82 Å². The van der Waals surface area contributed by atoms with Crippen LogP contribution in [0.15, 0.2) is 11.2 Å². The summed E-state index contributed by atoms with van der Waals surface area (Å²) in [5.74, 6) is 4.03. The van der Waals surface area contributed by atoms with Crippen LogP contribution < -0.4 is 5.73 Å². The van der Waals surface area contributed by atoms with Crippen molar-refractivity contribution in [1.29, 1.82) is 0 Å². The number of aryl methyl sites for hydroxylation is 1. The third-order valence-electron chi connectivity index (χ3n) is 1.72. The van der Waals surface area contributed by atoms with Crippen LogP contribution in [-0.4, -0.2) is 27.2 Å². The predicted molar refractivity (Wildman–Crippen MR) is 69.5 cm³/mol. The summed E-state index contributed by atoms with van der Waals surface area (Å²) in [6.45, 7) is 4.12. The summed E-state index contributed by atoms with van der Waals surface area (Å²) in [7, 11) is 0. The van der Waals surface area contributed by atoms with Gasteiger partial charge in [0.05, 0.1) is 0 Å². The molecule has 2 N–H and O–H groups in total. The zero-order chi connectivity index (χ0) is 11.1. The monoisotopic (exact) mass is 243 g/mol. The summed E-state index contributed by atoms with van der Waals surface area (Å²) in [6, 6.07) is 1.79. The normalized spacial score (nSPS) is 10.5. The molecular formula is C10H17N3S2. The van der Waals surface area contributed by atoms with Crippen LogP contribution in [0.25, 0.3) is 0 Å². The number of anilines is 1. The molecule has 0 fully saturated rings. The van der Waals surface area contributed by atoms with E-state index in [1.54, 1.807) is 17.8 Å². The molecule has 0 bridgehead atoms. The average molecular weight is 243 g/mol. The molecule has 1 aromatic rings. The van der Waals surface area contributed by atoms with Crippen LogP contribution in [-0.2, 0) is 0 Å². The fraction of sp³-hybridized carbons (Fsp3) is 0.600. The Hall–Kier alpha value is -0.420. The number of aromatic nitrogens is 2. The highest BCUT2D eigenvalue weighted by molar-refractivity contribution is 8.00. The van der Waals surface area contributed by atoms with Crippen LogP contribution in [0.1, 0.15) is 19.0 Å². The Morgan fingerprint density at radius 1 is 1.33 bits per heavy atom. The molecule has 0 spiro atoms. The topological polar surface area (TPSA) is 51.8 Å². The summed E-state index contributed by atoms with van der Waals surface area (Å²) >= 11 is 3.65. The van der Waals surface area contributed by atoms with Gasteiger partial charge in [0.1, 0.15) is 5.82 Å². The molecular weight excluding hydrogens is 226 g/mol. The molecule has 15 heavy (non-hydrogen) atoms. The minimum absolute atomic E-state index is 0.563. The van der Waals surface area contributed by atoms with E-state index >= 15 is 0 Å². The van der Waals surface area contributed by atoms with E-state index in [4.69, 9.17) is 5.73 Å². The van der Waals surface area contributed by atoms with Gasteiger partial charge in [0.15, 0.2) is 5.16 Å². The molecule has 0 aliphatic rings. The van der Waals surface area contributed by atoms with Crippen molar-refractivity contribution in [2.45, 2.75) is 25.4 Å². The Labute approximate surface area is 99.6 Å². The minimum atomic E-state index is 0.563. The van der Waals surface area contributed by atoms with Crippen molar-refractivity contribution < 1.29 is 0 Å². The lowest BCUT2D eigenvalue weighted by molar-refractivity contribution is 0.937. The van der Waals surface area contributed by atoms with Crippen LogP contribution in [0.2, 0.25) is 0 Å². The van der Waals surface area contributed by atoms with Gasteiger partial charge in [-0.1, -0.05) is 18.7 Å². The van der Waals surface area contributed by atoms with Crippen LogP contribution in [0, 0.1) is 6.92 Å². The molecule has 1 heterocycles. The molecule has 0 amide bonds. The van der Waals surface area contributed by atoms with E-state index in [-0.39, 0.29) is 0 Å². The summed E-state index contributed by atoms with van der Waals surface area (Å²) in [6.07, 6.45) is 1.19. The summed E-state index contributed by atoms with van der Waals surface area (Å²) < 4.78 is 0. The molecule has 1 rings (SSSR count). The first-order valence-electron chi connectivity index (χ1n) is 5.04. The highest BCUT2D eigenvalue weighted by atomic mass is 32.2. The number of hydrogen-bond donors (Lipinski definition) is 1. The first-order chi connectivity index (χ1) is 7.22. The van der Waals surface area contributed by atoms with Gasteiger partial charge in [0.25, 0.3) is 0 Å². The number of nitrogens with zero attached hydrogens (tertiary/aromatic N) is 2. The Morgan fingerprint density at radius 3 is 2.80 bits per heavy atom. The zero-order valence-corrected chi connectivity index (χ0v) is 10.8. The largest absolute Gasteiger partial charge is 0.384 e. The molecule has 0 saturated carbocycles. The Bertz CT molecular complexity index is 284. The van der Waals surface area contributed by atoms with Crippen molar-refractivity contribution in [2.24, 2.45) is 0 Å². The number of thioether (sulfide) groups is 2. The van der Waals surface area contributed by atoms with Gasteiger partial charge in [-0.2, -0.15) is 11.8 Å². The average Bonchev–Trinajstić information content (AvgIpc) is 2.16. The van der Waals surface area contributed by atoms with Crippen LogP contribution >= 0.6 is 23.5 Å². The van der Waals surface area contributed by atoms with E-state index in [9.17, 15) is 0 Å². The first-order valence-corrected chi connectivity index (χ1v) is 7.18. The highest BCUT2D eigenvalue weighted by Crippen LogP contribution is 2.16. The van der Waals surface area contributed by atoms with Crippen molar-refractivity contribution in [1.82, 2.24) is 9.97 Å². The number of rotatable bonds is 6. The van der Waals surface area contributed by atoms with Gasteiger partial charge in [-0.25, -0.2) is 9.97 Å². The highest BCUT2D eigenvalue weighted by Gasteiger charge is 2.00. The van der Waals surface area contributed by atoms with Crippen molar-refractivity contribution in [2.75, 3.05) is 23.0 Å². The van der Waals surface area contributed by atoms with Crippen LogP contribution in [0.5, 0.6) is 0 Å². The molecule has 0 atom stereocenters.